The van der Waals surface area contributed by atoms with Crippen molar-refractivity contribution in [3.63, 3.8) is 0 Å². The van der Waals surface area contributed by atoms with Crippen molar-refractivity contribution in [3.8, 4) is 11.5 Å². The molecule has 9 heteroatoms. The fourth-order valence-electron chi connectivity index (χ4n) is 4.93. The monoisotopic (exact) mass is 535 g/mol. The van der Waals surface area contributed by atoms with E-state index >= 15 is 0 Å². The molecule has 1 fully saturated rings. The van der Waals surface area contributed by atoms with Gasteiger partial charge in [-0.1, -0.05) is 30.3 Å². The number of likely N-dealkylation sites (tertiary alicyclic amines) is 1. The van der Waals surface area contributed by atoms with Crippen molar-refractivity contribution < 1.29 is 28.2 Å². The average molecular weight is 536 g/mol. The van der Waals surface area contributed by atoms with Crippen molar-refractivity contribution in [2.75, 3.05) is 33.9 Å². The minimum absolute atomic E-state index is 0.0144. The van der Waals surface area contributed by atoms with E-state index in [2.05, 4.69) is 28.9 Å². The number of carbonyl (C=O) groups excluding carboxylic acids is 2. The highest BCUT2D eigenvalue weighted by atomic mass is 16.5. The molecule has 0 unspecified atom stereocenters. The summed E-state index contributed by atoms with van der Waals surface area (Å²) < 4.78 is 22.0. The van der Waals surface area contributed by atoms with Crippen LogP contribution in [0.2, 0.25) is 0 Å². The molecule has 4 rings (SSSR count). The van der Waals surface area contributed by atoms with Crippen LogP contribution in [-0.2, 0) is 22.6 Å². The number of esters is 1. The molecule has 3 aromatic rings. The van der Waals surface area contributed by atoms with Gasteiger partial charge in [0.2, 0.25) is 5.89 Å². The number of benzene rings is 2. The van der Waals surface area contributed by atoms with Crippen LogP contribution in [0.4, 0.5) is 0 Å². The van der Waals surface area contributed by atoms with Crippen LogP contribution in [0.25, 0.3) is 0 Å². The van der Waals surface area contributed by atoms with E-state index in [0.717, 1.165) is 29.0 Å². The highest BCUT2D eigenvalue weighted by Crippen LogP contribution is 2.30. The zero-order chi connectivity index (χ0) is 27.8. The van der Waals surface area contributed by atoms with Crippen molar-refractivity contribution in [2.24, 2.45) is 5.92 Å². The Balaban J connectivity index is 1.53. The molecule has 2 heterocycles. The maximum atomic E-state index is 13.2. The Morgan fingerprint density at radius 3 is 2.64 bits per heavy atom. The highest BCUT2D eigenvalue weighted by molar-refractivity contribution is 5.92. The van der Waals surface area contributed by atoms with Gasteiger partial charge >= 0.3 is 5.97 Å². The Kier molecular flexibility index (Phi) is 9.59. The van der Waals surface area contributed by atoms with Gasteiger partial charge in [0.15, 0.2) is 5.69 Å². The van der Waals surface area contributed by atoms with Gasteiger partial charge in [0.25, 0.3) is 5.91 Å². The van der Waals surface area contributed by atoms with Crippen LogP contribution in [0, 0.1) is 5.92 Å². The van der Waals surface area contributed by atoms with Crippen molar-refractivity contribution in [3.05, 3.63) is 77.5 Å². The second-order valence-electron chi connectivity index (χ2n) is 9.64. The molecule has 1 amide bonds. The summed E-state index contributed by atoms with van der Waals surface area (Å²) in [5, 5.41) is 0. The van der Waals surface area contributed by atoms with E-state index < -0.39 is 0 Å². The van der Waals surface area contributed by atoms with Crippen LogP contribution in [0.5, 0.6) is 11.5 Å². The van der Waals surface area contributed by atoms with Gasteiger partial charge in [-0.05, 0) is 50.5 Å². The van der Waals surface area contributed by atoms with Crippen LogP contribution in [0.1, 0.15) is 60.2 Å². The fourth-order valence-corrected chi connectivity index (χ4v) is 4.93. The van der Waals surface area contributed by atoms with Gasteiger partial charge in [0.05, 0.1) is 33.3 Å². The number of piperidine rings is 1. The van der Waals surface area contributed by atoms with E-state index in [4.69, 9.17) is 18.6 Å². The normalized spacial score (nSPS) is 16.1. The maximum absolute atomic E-state index is 13.2. The lowest BCUT2D eigenvalue weighted by Crippen LogP contribution is -2.43. The SMILES string of the molecule is CCOC(=O)[C@@H]1CCCN(C(=O)c2coc(CN(Cc3cc(OC)ccc3OC)[C@H](C)c3ccccc3)n2)C1. The summed E-state index contributed by atoms with van der Waals surface area (Å²) in [5.74, 6) is 1.12. The largest absolute Gasteiger partial charge is 0.497 e. The first-order valence-corrected chi connectivity index (χ1v) is 13.3. The number of nitrogens with zero attached hydrogens (tertiary/aromatic N) is 3. The minimum atomic E-state index is -0.311. The Hall–Kier alpha value is -3.85. The first kappa shape index (κ1) is 28.2. The topological polar surface area (TPSA) is 94.3 Å². The Labute approximate surface area is 229 Å². The number of hydrogen-bond donors (Lipinski definition) is 0. The van der Waals surface area contributed by atoms with Crippen molar-refractivity contribution in [1.29, 1.82) is 0 Å². The number of hydrogen-bond acceptors (Lipinski definition) is 8. The summed E-state index contributed by atoms with van der Waals surface area (Å²) in [7, 11) is 3.29. The van der Waals surface area contributed by atoms with Gasteiger partial charge in [0.1, 0.15) is 17.8 Å². The molecule has 1 saturated heterocycles. The van der Waals surface area contributed by atoms with Gasteiger partial charge in [-0.25, -0.2) is 4.98 Å². The third-order valence-electron chi connectivity index (χ3n) is 7.13. The number of aromatic nitrogens is 1. The molecule has 0 N–H and O–H groups in total. The third-order valence-corrected chi connectivity index (χ3v) is 7.13. The summed E-state index contributed by atoms with van der Waals surface area (Å²) in [6, 6.07) is 15.9. The van der Waals surface area contributed by atoms with E-state index in [1.54, 1.807) is 26.0 Å². The lowest BCUT2D eigenvalue weighted by Gasteiger charge is -2.31. The smallest absolute Gasteiger partial charge is 0.310 e. The van der Waals surface area contributed by atoms with Gasteiger partial charge in [-0.3, -0.25) is 14.5 Å². The molecule has 39 heavy (non-hydrogen) atoms. The standard InChI is InChI=1S/C30H37N3O6/c1-5-38-30(35)23-12-9-15-32(17-23)29(34)26-20-39-28(31-26)19-33(21(2)22-10-7-6-8-11-22)18-24-16-25(36-3)13-14-27(24)37-4/h6-8,10-11,13-14,16,20-21,23H,5,9,12,15,17-19H2,1-4H3/t21-,23-/m1/s1. The van der Waals surface area contributed by atoms with E-state index in [0.29, 0.717) is 45.1 Å². The van der Waals surface area contributed by atoms with Gasteiger partial charge in [0, 0.05) is 31.2 Å². The molecule has 0 aliphatic carbocycles. The molecule has 1 aliphatic rings. The van der Waals surface area contributed by atoms with Crippen LogP contribution in [0.15, 0.2) is 59.2 Å². The van der Waals surface area contributed by atoms with E-state index in [1.807, 2.05) is 36.4 Å². The fraction of sp³-hybridized carbons (Fsp3) is 0.433. The molecule has 2 aromatic carbocycles. The second-order valence-corrected chi connectivity index (χ2v) is 9.64. The first-order chi connectivity index (χ1) is 18.9. The number of carbonyl (C=O) groups is 2. The second kappa shape index (κ2) is 13.3. The lowest BCUT2D eigenvalue weighted by molar-refractivity contribution is -0.149. The maximum Gasteiger partial charge on any atom is 0.310 e. The summed E-state index contributed by atoms with van der Waals surface area (Å²) >= 11 is 0. The predicted octanol–water partition coefficient (Wildman–Crippen LogP) is 4.87. The van der Waals surface area contributed by atoms with Gasteiger partial charge < -0.3 is 23.5 Å². The van der Waals surface area contributed by atoms with E-state index in [-0.39, 0.29) is 29.5 Å². The zero-order valence-electron chi connectivity index (χ0n) is 23.1. The molecule has 1 aliphatic heterocycles. The van der Waals surface area contributed by atoms with Crippen LogP contribution in [-0.4, -0.2) is 60.6 Å². The molecule has 208 valence electrons. The van der Waals surface area contributed by atoms with Crippen LogP contribution < -0.4 is 9.47 Å². The van der Waals surface area contributed by atoms with Crippen molar-refractivity contribution in [1.82, 2.24) is 14.8 Å². The van der Waals surface area contributed by atoms with Crippen LogP contribution in [0.3, 0.4) is 0 Å². The molecule has 1 aromatic heterocycles. The first-order valence-electron chi connectivity index (χ1n) is 13.3. The summed E-state index contributed by atoms with van der Waals surface area (Å²) in [5.41, 5.74) is 2.34. The average Bonchev–Trinajstić information content (AvgIpc) is 3.45. The van der Waals surface area contributed by atoms with Gasteiger partial charge in [-0.2, -0.15) is 0 Å². The summed E-state index contributed by atoms with van der Waals surface area (Å²) in [6.07, 6.45) is 2.86. The lowest BCUT2D eigenvalue weighted by atomic mass is 9.98. The quantitative estimate of drug-likeness (QED) is 0.321. The number of methoxy groups -OCH3 is 2. The third kappa shape index (κ3) is 6.97. The molecule has 2 atom stereocenters. The van der Waals surface area contributed by atoms with Crippen LogP contribution >= 0.6 is 0 Å². The summed E-state index contributed by atoms with van der Waals surface area (Å²) in [4.78, 5) is 33.9. The van der Waals surface area contributed by atoms with E-state index in [1.165, 1.54) is 6.26 Å². The molecule has 0 bridgehead atoms. The molecule has 9 nitrogen and oxygen atoms in total. The molecular weight excluding hydrogens is 498 g/mol. The molecule has 0 radical (unpaired) electrons. The minimum Gasteiger partial charge on any atom is -0.497 e. The number of oxazole rings is 1. The molecule has 0 spiro atoms. The Morgan fingerprint density at radius 2 is 1.92 bits per heavy atom. The van der Waals surface area contributed by atoms with Crippen molar-refractivity contribution >= 4 is 11.9 Å². The number of amides is 1. The Morgan fingerprint density at radius 1 is 1.13 bits per heavy atom. The zero-order valence-corrected chi connectivity index (χ0v) is 23.1. The van der Waals surface area contributed by atoms with Crippen molar-refractivity contribution in [2.45, 2.75) is 45.8 Å². The number of ether oxygens (including phenoxy) is 3. The van der Waals surface area contributed by atoms with E-state index in [9.17, 15) is 9.59 Å². The highest BCUT2D eigenvalue weighted by Gasteiger charge is 2.31. The predicted molar refractivity (Wildman–Crippen MR) is 145 cm³/mol. The van der Waals surface area contributed by atoms with Gasteiger partial charge in [-0.15, -0.1) is 0 Å². The summed E-state index contributed by atoms with van der Waals surface area (Å²) in [6.45, 7) is 6.05. The molecule has 0 saturated carbocycles. The Bertz CT molecular complexity index is 1240. The molecular formula is C30H37N3O6. The number of rotatable bonds is 11.